The molecule has 4 nitrogen and oxygen atoms in total. The van der Waals surface area contributed by atoms with Crippen LogP contribution in [0.3, 0.4) is 0 Å². The third-order valence-electron chi connectivity index (χ3n) is 1.68. The summed E-state index contributed by atoms with van der Waals surface area (Å²) in [7, 11) is 0. The molecule has 0 aromatic heterocycles. The van der Waals surface area contributed by atoms with Crippen LogP contribution in [0, 0.1) is 4.91 Å². The summed E-state index contributed by atoms with van der Waals surface area (Å²) >= 11 is 0. The molecule has 0 unspecified atom stereocenters. The van der Waals surface area contributed by atoms with Crippen molar-refractivity contribution in [2.75, 3.05) is 0 Å². The smallest absolute Gasteiger partial charge is 0.113 e. The molecule has 1 aromatic carbocycles. The van der Waals surface area contributed by atoms with Gasteiger partial charge in [0, 0.05) is 5.56 Å². The van der Waals surface area contributed by atoms with Gasteiger partial charge in [-0.25, -0.2) is 0 Å². The van der Waals surface area contributed by atoms with Crippen LogP contribution < -0.4 is 0 Å². The highest BCUT2D eigenvalue weighted by Crippen LogP contribution is 2.22. The molecule has 0 saturated carbocycles. The van der Waals surface area contributed by atoms with Crippen molar-refractivity contribution in [1.82, 2.24) is 0 Å². The molecular weight excluding hydrogens is 158 g/mol. The van der Waals surface area contributed by atoms with Gasteiger partial charge in [-0.05, 0) is 16.8 Å². The van der Waals surface area contributed by atoms with Gasteiger partial charge in [-0.2, -0.15) is 0 Å². The highest BCUT2D eigenvalue weighted by atomic mass is 16.3. The van der Waals surface area contributed by atoms with Gasteiger partial charge < -0.3 is 10.2 Å². The second-order valence-corrected chi connectivity index (χ2v) is 2.32. The summed E-state index contributed by atoms with van der Waals surface area (Å²) in [6, 6.07) is 4.75. The Morgan fingerprint density at radius 3 is 2.50 bits per heavy atom. The van der Waals surface area contributed by atoms with Crippen molar-refractivity contribution in [2.24, 2.45) is 5.18 Å². The van der Waals surface area contributed by atoms with E-state index in [2.05, 4.69) is 5.18 Å². The summed E-state index contributed by atoms with van der Waals surface area (Å²) in [6.07, 6.45) is 0. The Balaban J connectivity index is 3.21. The van der Waals surface area contributed by atoms with E-state index in [0.29, 0.717) is 11.1 Å². The average Bonchev–Trinajstić information content (AvgIpc) is 2.16. The van der Waals surface area contributed by atoms with Crippen LogP contribution in [0.2, 0.25) is 0 Å². The van der Waals surface area contributed by atoms with E-state index in [1.54, 1.807) is 12.1 Å². The van der Waals surface area contributed by atoms with E-state index in [1.807, 2.05) is 0 Å². The zero-order valence-corrected chi connectivity index (χ0v) is 6.40. The Kier molecular flexibility index (Phi) is 2.90. The fraction of sp³-hybridized carbons (Fsp3) is 0.250. The van der Waals surface area contributed by atoms with Crippen molar-refractivity contribution in [3.63, 3.8) is 0 Å². The number of rotatable bonds is 3. The number of aliphatic hydroxyl groups excluding tert-OH is 2. The molecule has 1 aromatic rings. The summed E-state index contributed by atoms with van der Waals surface area (Å²) in [5.41, 5.74) is 1.12. The predicted molar refractivity (Wildman–Crippen MR) is 43.7 cm³/mol. The molecule has 0 radical (unpaired) electrons. The topological polar surface area (TPSA) is 69.9 Å². The molecule has 2 N–H and O–H groups in total. The summed E-state index contributed by atoms with van der Waals surface area (Å²) in [6.45, 7) is -0.475. The molecule has 1 rings (SSSR count). The van der Waals surface area contributed by atoms with Crippen LogP contribution in [0.1, 0.15) is 11.1 Å². The first-order chi connectivity index (χ1) is 5.83. The maximum Gasteiger partial charge on any atom is 0.113 e. The van der Waals surface area contributed by atoms with Crippen LogP contribution in [0.15, 0.2) is 23.4 Å². The van der Waals surface area contributed by atoms with Crippen LogP contribution in [0.4, 0.5) is 5.69 Å². The third kappa shape index (κ3) is 1.49. The summed E-state index contributed by atoms with van der Waals surface area (Å²) in [4.78, 5) is 10.2. The monoisotopic (exact) mass is 167 g/mol. The molecule has 0 aliphatic carbocycles. The summed E-state index contributed by atoms with van der Waals surface area (Å²) in [5.74, 6) is 0. The lowest BCUT2D eigenvalue weighted by Gasteiger charge is -2.04. The molecule has 0 aliphatic rings. The maximum atomic E-state index is 10.2. The standard InChI is InChI=1S/C8H9NO3/c10-4-6-2-1-3-8(9-12)7(6)5-11/h1-3,10-11H,4-5H2. The maximum absolute atomic E-state index is 10.2. The zero-order valence-electron chi connectivity index (χ0n) is 6.40. The SMILES string of the molecule is O=Nc1cccc(CO)c1CO. The first kappa shape index (κ1) is 8.83. The highest BCUT2D eigenvalue weighted by Gasteiger charge is 2.05. The van der Waals surface area contributed by atoms with Crippen LogP contribution in [-0.2, 0) is 13.2 Å². The van der Waals surface area contributed by atoms with Crippen LogP contribution in [0.5, 0.6) is 0 Å². The van der Waals surface area contributed by atoms with Crippen LogP contribution in [0.25, 0.3) is 0 Å². The molecular formula is C8H9NO3. The van der Waals surface area contributed by atoms with E-state index in [1.165, 1.54) is 6.07 Å². The summed E-state index contributed by atoms with van der Waals surface area (Å²) in [5, 5.41) is 20.4. The van der Waals surface area contributed by atoms with E-state index in [-0.39, 0.29) is 18.9 Å². The molecule has 12 heavy (non-hydrogen) atoms. The molecule has 0 heterocycles. The van der Waals surface area contributed by atoms with Gasteiger partial charge in [-0.3, -0.25) is 0 Å². The lowest BCUT2D eigenvalue weighted by Crippen LogP contribution is -1.93. The largest absolute Gasteiger partial charge is 0.392 e. The molecule has 0 amide bonds. The van der Waals surface area contributed by atoms with E-state index in [9.17, 15) is 4.91 Å². The van der Waals surface area contributed by atoms with E-state index >= 15 is 0 Å². The molecule has 0 atom stereocenters. The molecule has 4 heteroatoms. The van der Waals surface area contributed by atoms with Crippen molar-refractivity contribution in [1.29, 1.82) is 0 Å². The first-order valence-electron chi connectivity index (χ1n) is 3.49. The molecule has 64 valence electrons. The van der Waals surface area contributed by atoms with Gasteiger partial charge in [-0.1, -0.05) is 12.1 Å². The minimum Gasteiger partial charge on any atom is -0.392 e. The number of hydrogen-bond acceptors (Lipinski definition) is 4. The number of nitroso groups, excluding NO2 is 1. The van der Waals surface area contributed by atoms with E-state index < -0.39 is 0 Å². The Labute approximate surface area is 69.4 Å². The lowest BCUT2D eigenvalue weighted by atomic mass is 10.1. The van der Waals surface area contributed by atoms with Crippen molar-refractivity contribution in [2.45, 2.75) is 13.2 Å². The van der Waals surface area contributed by atoms with E-state index in [4.69, 9.17) is 10.2 Å². The van der Waals surface area contributed by atoms with E-state index in [0.717, 1.165) is 0 Å². The Morgan fingerprint density at radius 1 is 1.25 bits per heavy atom. The number of benzene rings is 1. The zero-order chi connectivity index (χ0) is 8.97. The predicted octanol–water partition coefficient (Wildman–Crippen LogP) is 1.07. The number of nitrogens with zero attached hydrogens (tertiary/aromatic N) is 1. The van der Waals surface area contributed by atoms with Gasteiger partial charge in [0.15, 0.2) is 0 Å². The second-order valence-electron chi connectivity index (χ2n) is 2.32. The van der Waals surface area contributed by atoms with Gasteiger partial charge in [0.05, 0.1) is 13.2 Å². The van der Waals surface area contributed by atoms with Gasteiger partial charge >= 0.3 is 0 Å². The minimum absolute atomic E-state index is 0.184. The minimum atomic E-state index is -0.280. The molecule has 0 aliphatic heterocycles. The lowest BCUT2D eigenvalue weighted by molar-refractivity contribution is 0.260. The molecule has 0 saturated heterocycles. The van der Waals surface area contributed by atoms with Crippen molar-refractivity contribution >= 4 is 5.69 Å². The molecule has 0 fully saturated rings. The van der Waals surface area contributed by atoms with Crippen LogP contribution >= 0.6 is 0 Å². The van der Waals surface area contributed by atoms with Gasteiger partial charge in [0.1, 0.15) is 5.69 Å². The molecule has 0 spiro atoms. The average molecular weight is 167 g/mol. The Hall–Kier alpha value is -1.26. The van der Waals surface area contributed by atoms with Gasteiger partial charge in [0.2, 0.25) is 0 Å². The first-order valence-corrected chi connectivity index (χ1v) is 3.49. The van der Waals surface area contributed by atoms with Crippen LogP contribution in [-0.4, -0.2) is 10.2 Å². The quantitative estimate of drug-likeness (QED) is 0.661. The highest BCUT2D eigenvalue weighted by molar-refractivity contribution is 5.49. The Morgan fingerprint density at radius 2 is 2.00 bits per heavy atom. The van der Waals surface area contributed by atoms with Crippen molar-refractivity contribution in [3.05, 3.63) is 34.2 Å². The van der Waals surface area contributed by atoms with Gasteiger partial charge in [0.25, 0.3) is 0 Å². The Bertz CT molecular complexity index is 286. The van der Waals surface area contributed by atoms with Gasteiger partial charge in [-0.15, -0.1) is 4.91 Å². The second kappa shape index (κ2) is 3.94. The number of aliphatic hydroxyl groups is 2. The normalized spacial score (nSPS) is 9.83. The van der Waals surface area contributed by atoms with Crippen molar-refractivity contribution < 1.29 is 10.2 Å². The fourth-order valence-corrected chi connectivity index (χ4v) is 1.04. The number of hydrogen-bond donors (Lipinski definition) is 2. The third-order valence-corrected chi connectivity index (χ3v) is 1.68. The summed E-state index contributed by atoms with van der Waals surface area (Å²) < 4.78 is 0. The molecule has 0 bridgehead atoms. The van der Waals surface area contributed by atoms with Crippen molar-refractivity contribution in [3.8, 4) is 0 Å². The fourth-order valence-electron chi connectivity index (χ4n) is 1.04.